The molecule has 0 saturated heterocycles. The lowest BCUT2D eigenvalue weighted by molar-refractivity contribution is 1.14. The Balaban J connectivity index is 3.92. The monoisotopic (exact) mass is 137 g/mol. The molecule has 0 unspecified atom stereocenters. The molecule has 0 radical (unpaired) electrons. The van der Waals surface area contributed by atoms with Crippen LogP contribution in [0.2, 0.25) is 0 Å². The number of hydrogen-bond acceptors (Lipinski definition) is 1. The first-order valence-corrected chi connectivity index (χ1v) is 3.51. The van der Waals surface area contributed by atoms with E-state index < -0.39 is 0 Å². The third-order valence-corrected chi connectivity index (χ3v) is 1.29. The van der Waals surface area contributed by atoms with Gasteiger partial charge in [0.1, 0.15) is 0 Å². The van der Waals surface area contributed by atoms with Gasteiger partial charge in [-0.15, -0.1) is 0 Å². The van der Waals surface area contributed by atoms with Crippen LogP contribution in [0, 0.1) is 0 Å². The Labute approximate surface area is 63.2 Å². The van der Waals surface area contributed by atoms with Crippen LogP contribution in [0.1, 0.15) is 20.8 Å². The van der Waals surface area contributed by atoms with Crippen LogP contribution in [0.4, 0.5) is 0 Å². The van der Waals surface area contributed by atoms with Gasteiger partial charge in [0.2, 0.25) is 0 Å². The fourth-order valence-corrected chi connectivity index (χ4v) is 0.412. The highest BCUT2D eigenvalue weighted by molar-refractivity contribution is 5.73. The summed E-state index contributed by atoms with van der Waals surface area (Å²) in [5.74, 6) is 0. The van der Waals surface area contributed by atoms with E-state index in [1.807, 2.05) is 33.1 Å². The van der Waals surface area contributed by atoms with Crippen molar-refractivity contribution < 1.29 is 0 Å². The van der Waals surface area contributed by atoms with Crippen molar-refractivity contribution in [3.63, 3.8) is 0 Å². The normalized spacial score (nSPS) is 12.5. The number of rotatable bonds is 3. The van der Waals surface area contributed by atoms with Crippen molar-refractivity contribution in [2.75, 3.05) is 6.54 Å². The molecule has 0 spiro atoms. The van der Waals surface area contributed by atoms with Crippen molar-refractivity contribution in [3.8, 4) is 0 Å². The maximum Gasteiger partial charge on any atom is 0.0360 e. The molecule has 0 aliphatic carbocycles. The highest BCUT2D eigenvalue weighted by atomic mass is 14.7. The van der Waals surface area contributed by atoms with E-state index >= 15 is 0 Å². The molecule has 0 aliphatic heterocycles. The SMILES string of the molecule is C=C(C)/C(C)=C/C=NCC. The van der Waals surface area contributed by atoms with Crippen LogP contribution in [0.25, 0.3) is 0 Å². The second-order valence-corrected chi connectivity index (χ2v) is 2.28. The lowest BCUT2D eigenvalue weighted by Crippen LogP contribution is -1.77. The van der Waals surface area contributed by atoms with Crippen molar-refractivity contribution in [2.24, 2.45) is 4.99 Å². The van der Waals surface area contributed by atoms with Crippen LogP contribution in [0.15, 0.2) is 28.8 Å². The molecule has 10 heavy (non-hydrogen) atoms. The summed E-state index contributed by atoms with van der Waals surface area (Å²) >= 11 is 0. The second-order valence-electron chi connectivity index (χ2n) is 2.28. The molecule has 0 aromatic heterocycles. The van der Waals surface area contributed by atoms with Gasteiger partial charge in [-0.2, -0.15) is 0 Å². The maximum atomic E-state index is 4.05. The van der Waals surface area contributed by atoms with Gasteiger partial charge >= 0.3 is 0 Å². The zero-order valence-electron chi connectivity index (χ0n) is 7.02. The molecule has 0 N–H and O–H groups in total. The van der Waals surface area contributed by atoms with Crippen molar-refractivity contribution in [2.45, 2.75) is 20.8 Å². The Bertz CT molecular complexity index is 164. The topological polar surface area (TPSA) is 12.4 Å². The second kappa shape index (κ2) is 4.98. The van der Waals surface area contributed by atoms with E-state index in [0.717, 1.165) is 12.1 Å². The molecular formula is C9H15N. The highest BCUT2D eigenvalue weighted by Crippen LogP contribution is 2.02. The highest BCUT2D eigenvalue weighted by Gasteiger charge is 1.83. The van der Waals surface area contributed by atoms with E-state index in [-0.39, 0.29) is 0 Å². The lowest BCUT2D eigenvalue weighted by atomic mass is 10.1. The summed E-state index contributed by atoms with van der Waals surface area (Å²) in [4.78, 5) is 4.05. The summed E-state index contributed by atoms with van der Waals surface area (Å²) in [5.41, 5.74) is 2.29. The molecule has 56 valence electrons. The Hall–Kier alpha value is -0.850. The van der Waals surface area contributed by atoms with Gasteiger partial charge in [-0.25, -0.2) is 0 Å². The quantitative estimate of drug-likeness (QED) is 0.419. The van der Waals surface area contributed by atoms with E-state index in [4.69, 9.17) is 0 Å². The Morgan fingerprint density at radius 3 is 2.50 bits per heavy atom. The first-order chi connectivity index (χ1) is 4.68. The fraction of sp³-hybridized carbons (Fsp3) is 0.444. The summed E-state index contributed by atoms with van der Waals surface area (Å²) in [5, 5.41) is 0. The summed E-state index contributed by atoms with van der Waals surface area (Å²) in [6, 6.07) is 0. The molecule has 0 aliphatic rings. The molecule has 0 atom stereocenters. The number of aliphatic imine (C=N–C) groups is 1. The molecule has 0 aromatic carbocycles. The molecular weight excluding hydrogens is 122 g/mol. The zero-order valence-corrected chi connectivity index (χ0v) is 7.02. The lowest BCUT2D eigenvalue weighted by Gasteiger charge is -1.93. The summed E-state index contributed by atoms with van der Waals surface area (Å²) in [7, 11) is 0. The largest absolute Gasteiger partial charge is 0.293 e. The number of allylic oxidation sites excluding steroid dienone is 3. The number of hydrogen-bond donors (Lipinski definition) is 0. The minimum Gasteiger partial charge on any atom is -0.293 e. The predicted molar refractivity (Wildman–Crippen MR) is 47.6 cm³/mol. The Morgan fingerprint density at radius 1 is 1.50 bits per heavy atom. The minimum absolute atomic E-state index is 0.847. The van der Waals surface area contributed by atoms with Crippen LogP contribution < -0.4 is 0 Å². The molecule has 0 saturated carbocycles. The summed E-state index contributed by atoms with van der Waals surface area (Å²) < 4.78 is 0. The van der Waals surface area contributed by atoms with E-state index in [2.05, 4.69) is 11.6 Å². The van der Waals surface area contributed by atoms with Gasteiger partial charge < -0.3 is 0 Å². The average Bonchev–Trinajstić information content (AvgIpc) is 1.88. The van der Waals surface area contributed by atoms with E-state index in [1.165, 1.54) is 5.57 Å². The standard InChI is InChI=1S/C9H15N/c1-5-10-7-6-9(4)8(2)3/h6-7H,2,5H2,1,3-4H3/b9-6+,10-7?. The van der Waals surface area contributed by atoms with Crippen LogP contribution in [0.3, 0.4) is 0 Å². The summed E-state index contributed by atoms with van der Waals surface area (Å²) in [6.45, 7) is 10.7. The van der Waals surface area contributed by atoms with E-state index in [9.17, 15) is 0 Å². The van der Waals surface area contributed by atoms with Crippen molar-refractivity contribution >= 4 is 6.21 Å². The zero-order chi connectivity index (χ0) is 7.98. The third-order valence-electron chi connectivity index (χ3n) is 1.29. The Kier molecular flexibility index (Phi) is 4.55. The van der Waals surface area contributed by atoms with Gasteiger partial charge in [-0.3, -0.25) is 4.99 Å². The molecule has 1 nitrogen and oxygen atoms in total. The van der Waals surface area contributed by atoms with Crippen LogP contribution in [-0.2, 0) is 0 Å². The molecule has 0 bridgehead atoms. The van der Waals surface area contributed by atoms with Gasteiger partial charge in [0, 0.05) is 12.8 Å². The molecule has 0 aromatic rings. The maximum absolute atomic E-state index is 4.05. The van der Waals surface area contributed by atoms with Gasteiger partial charge in [0.25, 0.3) is 0 Å². The van der Waals surface area contributed by atoms with Crippen molar-refractivity contribution in [1.29, 1.82) is 0 Å². The fourth-order valence-electron chi connectivity index (χ4n) is 0.412. The van der Waals surface area contributed by atoms with E-state index in [0.29, 0.717) is 0 Å². The van der Waals surface area contributed by atoms with Crippen LogP contribution in [0.5, 0.6) is 0 Å². The molecule has 1 heteroatoms. The molecule has 0 rings (SSSR count). The first kappa shape index (κ1) is 9.15. The molecule has 0 amide bonds. The van der Waals surface area contributed by atoms with Crippen LogP contribution in [-0.4, -0.2) is 12.8 Å². The van der Waals surface area contributed by atoms with Gasteiger partial charge in [-0.1, -0.05) is 12.2 Å². The average molecular weight is 137 g/mol. The van der Waals surface area contributed by atoms with Crippen LogP contribution >= 0.6 is 0 Å². The van der Waals surface area contributed by atoms with Crippen molar-refractivity contribution in [1.82, 2.24) is 0 Å². The Morgan fingerprint density at radius 2 is 2.10 bits per heavy atom. The predicted octanol–water partition coefficient (Wildman–Crippen LogP) is 2.60. The van der Waals surface area contributed by atoms with Crippen molar-refractivity contribution in [3.05, 3.63) is 23.8 Å². The first-order valence-electron chi connectivity index (χ1n) is 3.51. The van der Waals surface area contributed by atoms with Gasteiger partial charge in [-0.05, 0) is 32.4 Å². The minimum atomic E-state index is 0.847. The summed E-state index contributed by atoms with van der Waals surface area (Å²) in [6.07, 6.45) is 3.80. The number of nitrogens with zero attached hydrogens (tertiary/aromatic N) is 1. The molecule has 0 heterocycles. The third kappa shape index (κ3) is 4.07. The molecule has 0 fully saturated rings. The van der Waals surface area contributed by atoms with Gasteiger partial charge in [0.15, 0.2) is 0 Å². The smallest absolute Gasteiger partial charge is 0.0360 e. The van der Waals surface area contributed by atoms with Gasteiger partial charge in [0.05, 0.1) is 0 Å². The van der Waals surface area contributed by atoms with E-state index in [1.54, 1.807) is 0 Å².